The third-order valence-electron chi connectivity index (χ3n) is 4.61. The molecule has 0 fully saturated rings. The van der Waals surface area contributed by atoms with Gasteiger partial charge in [0.05, 0.1) is 16.9 Å². The molecule has 0 atom stereocenters. The minimum atomic E-state index is -0.0871. The number of rotatable bonds is 3. The Morgan fingerprint density at radius 3 is 2.19 bits per heavy atom. The fourth-order valence-corrected chi connectivity index (χ4v) is 3.37. The molecule has 0 radical (unpaired) electrons. The second-order valence-corrected chi connectivity index (χ2v) is 6.52. The highest BCUT2D eigenvalue weighted by Gasteiger charge is 2.20. The number of hydrogen-bond donors (Lipinski definition) is 1. The van der Waals surface area contributed by atoms with Crippen LogP contribution in [-0.4, -0.2) is 9.78 Å². The van der Waals surface area contributed by atoms with Gasteiger partial charge in [-0.1, -0.05) is 72.3 Å². The molecule has 0 aliphatic heterocycles. The van der Waals surface area contributed by atoms with Gasteiger partial charge < -0.3 is 0 Å². The lowest BCUT2D eigenvalue weighted by Crippen LogP contribution is -2.06. The minimum Gasteiger partial charge on any atom is -0.267 e. The smallest absolute Gasteiger partial charge is 0.267 e. The van der Waals surface area contributed by atoms with Gasteiger partial charge in [0, 0.05) is 5.56 Å². The van der Waals surface area contributed by atoms with Crippen molar-refractivity contribution in [3.63, 3.8) is 0 Å². The van der Waals surface area contributed by atoms with Gasteiger partial charge in [0.15, 0.2) is 0 Å². The molecule has 3 heteroatoms. The molecule has 3 nitrogen and oxygen atoms in total. The highest BCUT2D eigenvalue weighted by molar-refractivity contribution is 5.82. The van der Waals surface area contributed by atoms with Crippen LogP contribution in [0, 0.1) is 13.8 Å². The molecule has 4 aromatic rings. The number of aromatic amines is 1. The van der Waals surface area contributed by atoms with Gasteiger partial charge in [0.1, 0.15) is 0 Å². The van der Waals surface area contributed by atoms with E-state index in [1.54, 1.807) is 0 Å². The Morgan fingerprint density at radius 1 is 0.769 bits per heavy atom. The van der Waals surface area contributed by atoms with E-state index in [4.69, 9.17) is 0 Å². The summed E-state index contributed by atoms with van der Waals surface area (Å²) in [6.45, 7) is 4.12. The van der Waals surface area contributed by atoms with Crippen molar-refractivity contribution in [2.24, 2.45) is 0 Å². The second kappa shape index (κ2) is 6.52. The molecule has 0 aliphatic rings. The number of aromatic nitrogens is 2. The highest BCUT2D eigenvalue weighted by atomic mass is 16.1. The summed E-state index contributed by atoms with van der Waals surface area (Å²) in [5, 5.41) is 3.05. The van der Waals surface area contributed by atoms with Crippen LogP contribution in [0.1, 0.15) is 11.1 Å². The molecule has 0 saturated carbocycles. The molecular weight excluding hydrogens is 320 g/mol. The van der Waals surface area contributed by atoms with Crippen LogP contribution in [0.5, 0.6) is 0 Å². The van der Waals surface area contributed by atoms with Crippen LogP contribution in [0.4, 0.5) is 0 Å². The van der Waals surface area contributed by atoms with Gasteiger partial charge in [0.2, 0.25) is 0 Å². The molecule has 1 heterocycles. The van der Waals surface area contributed by atoms with Gasteiger partial charge >= 0.3 is 0 Å². The summed E-state index contributed by atoms with van der Waals surface area (Å²) in [6.07, 6.45) is 0. The van der Waals surface area contributed by atoms with Crippen molar-refractivity contribution >= 4 is 0 Å². The SMILES string of the molecule is Cc1cccc(-c2c(-c3ccccc3)c(=O)[nH]n2-c2ccccc2C)c1. The van der Waals surface area contributed by atoms with Gasteiger partial charge in [-0.3, -0.25) is 14.6 Å². The standard InChI is InChI=1S/C23H20N2O/c1-16-9-8-13-19(15-16)22-21(18-11-4-3-5-12-18)23(26)24-25(22)20-14-7-6-10-17(20)2/h3-15H,1-2H3,(H,24,26). The third-order valence-corrected chi connectivity index (χ3v) is 4.61. The Hall–Kier alpha value is -3.33. The first kappa shape index (κ1) is 16.2. The lowest BCUT2D eigenvalue weighted by Gasteiger charge is -2.13. The van der Waals surface area contributed by atoms with Gasteiger partial charge in [-0.05, 0) is 37.1 Å². The van der Waals surface area contributed by atoms with Crippen LogP contribution in [0.2, 0.25) is 0 Å². The van der Waals surface area contributed by atoms with Gasteiger partial charge in [-0.2, -0.15) is 0 Å². The van der Waals surface area contributed by atoms with E-state index in [0.717, 1.165) is 33.6 Å². The van der Waals surface area contributed by atoms with Gasteiger partial charge in [-0.25, -0.2) is 0 Å². The second-order valence-electron chi connectivity index (χ2n) is 6.52. The van der Waals surface area contributed by atoms with Crippen molar-refractivity contribution in [2.75, 3.05) is 0 Å². The van der Waals surface area contributed by atoms with E-state index in [9.17, 15) is 4.79 Å². The first-order chi connectivity index (χ1) is 12.6. The van der Waals surface area contributed by atoms with E-state index in [1.165, 1.54) is 0 Å². The molecule has 1 aromatic heterocycles. The van der Waals surface area contributed by atoms with Crippen molar-refractivity contribution in [1.82, 2.24) is 9.78 Å². The summed E-state index contributed by atoms with van der Waals surface area (Å²) in [4.78, 5) is 12.9. The zero-order chi connectivity index (χ0) is 18.1. The normalized spacial score (nSPS) is 10.8. The molecule has 128 valence electrons. The van der Waals surface area contributed by atoms with Crippen LogP contribution < -0.4 is 5.56 Å². The Morgan fingerprint density at radius 2 is 1.46 bits per heavy atom. The molecule has 0 unspecified atom stereocenters. The zero-order valence-corrected chi connectivity index (χ0v) is 14.9. The molecule has 0 spiro atoms. The van der Waals surface area contributed by atoms with Crippen LogP contribution in [0.3, 0.4) is 0 Å². The first-order valence-electron chi connectivity index (χ1n) is 8.68. The average Bonchev–Trinajstić information content (AvgIpc) is 3.00. The number of benzene rings is 3. The van der Waals surface area contributed by atoms with E-state index < -0.39 is 0 Å². The van der Waals surface area contributed by atoms with Crippen molar-refractivity contribution in [3.05, 3.63) is 100 Å². The summed E-state index contributed by atoms with van der Waals surface area (Å²) in [7, 11) is 0. The number of para-hydroxylation sites is 1. The topological polar surface area (TPSA) is 37.8 Å². The molecule has 1 N–H and O–H groups in total. The summed E-state index contributed by atoms with van der Waals surface area (Å²) < 4.78 is 1.91. The average molecular weight is 340 g/mol. The highest BCUT2D eigenvalue weighted by Crippen LogP contribution is 2.32. The molecule has 4 rings (SSSR count). The van der Waals surface area contributed by atoms with E-state index >= 15 is 0 Å². The van der Waals surface area contributed by atoms with Crippen molar-refractivity contribution in [2.45, 2.75) is 13.8 Å². The molecule has 0 aliphatic carbocycles. The quantitative estimate of drug-likeness (QED) is 0.552. The van der Waals surface area contributed by atoms with Crippen LogP contribution in [0.15, 0.2) is 83.7 Å². The Labute approximate surface area is 152 Å². The maximum Gasteiger partial charge on any atom is 0.272 e. The minimum absolute atomic E-state index is 0.0871. The van der Waals surface area contributed by atoms with Crippen LogP contribution in [0.25, 0.3) is 28.1 Å². The largest absolute Gasteiger partial charge is 0.272 e. The summed E-state index contributed by atoms with van der Waals surface area (Å²) >= 11 is 0. The monoisotopic (exact) mass is 340 g/mol. The predicted molar refractivity (Wildman–Crippen MR) is 107 cm³/mol. The van der Waals surface area contributed by atoms with Crippen molar-refractivity contribution in [1.29, 1.82) is 0 Å². The zero-order valence-electron chi connectivity index (χ0n) is 14.9. The van der Waals surface area contributed by atoms with Crippen LogP contribution >= 0.6 is 0 Å². The summed E-state index contributed by atoms with van der Waals surface area (Å²) in [6, 6.07) is 26.2. The maximum absolute atomic E-state index is 12.9. The fraction of sp³-hybridized carbons (Fsp3) is 0.0870. The third kappa shape index (κ3) is 2.78. The molecule has 0 saturated heterocycles. The predicted octanol–water partition coefficient (Wildman–Crippen LogP) is 5.12. The molecular formula is C23H20N2O. The lowest BCUT2D eigenvalue weighted by atomic mass is 10.00. The molecule has 0 amide bonds. The number of nitrogens with one attached hydrogen (secondary N) is 1. The maximum atomic E-state index is 12.9. The van der Waals surface area contributed by atoms with E-state index in [1.807, 2.05) is 59.3 Å². The van der Waals surface area contributed by atoms with Crippen LogP contribution in [-0.2, 0) is 0 Å². The van der Waals surface area contributed by atoms with Crippen molar-refractivity contribution < 1.29 is 0 Å². The number of H-pyrrole nitrogens is 1. The van der Waals surface area contributed by atoms with Gasteiger partial charge in [-0.15, -0.1) is 0 Å². The molecule has 26 heavy (non-hydrogen) atoms. The first-order valence-corrected chi connectivity index (χ1v) is 8.68. The summed E-state index contributed by atoms with van der Waals surface area (Å²) in [5.41, 5.74) is 6.67. The summed E-state index contributed by atoms with van der Waals surface area (Å²) in [5.74, 6) is 0. The Bertz CT molecular complexity index is 1120. The number of nitrogens with zero attached hydrogens (tertiary/aromatic N) is 1. The molecule has 3 aromatic carbocycles. The van der Waals surface area contributed by atoms with E-state index in [0.29, 0.717) is 5.56 Å². The van der Waals surface area contributed by atoms with E-state index in [2.05, 4.69) is 43.2 Å². The van der Waals surface area contributed by atoms with E-state index in [-0.39, 0.29) is 5.56 Å². The number of hydrogen-bond acceptors (Lipinski definition) is 1. The van der Waals surface area contributed by atoms with Gasteiger partial charge in [0.25, 0.3) is 5.56 Å². The fourth-order valence-electron chi connectivity index (χ4n) is 3.37. The number of aryl methyl sites for hydroxylation is 2. The Balaban J connectivity index is 2.08. The lowest BCUT2D eigenvalue weighted by molar-refractivity contribution is 0.864. The molecule has 0 bridgehead atoms. The Kier molecular flexibility index (Phi) is 4.05. The van der Waals surface area contributed by atoms with Crippen molar-refractivity contribution in [3.8, 4) is 28.1 Å².